The number of rotatable bonds is 4. The van der Waals surface area contributed by atoms with Gasteiger partial charge in [0.25, 0.3) is 0 Å². The summed E-state index contributed by atoms with van der Waals surface area (Å²) in [6.45, 7) is 13.5. The standard InChI is InChI=1S/C24H30O3/c1-7-26-22(25)18-10-8-17(9-11-18)14-16(2)21-20-19(15-27-21)23(3,4)12-13-24(20,5)6/h8-11,14-15H,7,12-13H2,1-6H3. The molecule has 144 valence electrons. The lowest BCUT2D eigenvalue weighted by Gasteiger charge is -2.39. The van der Waals surface area contributed by atoms with E-state index in [1.165, 1.54) is 17.5 Å². The van der Waals surface area contributed by atoms with E-state index in [1.54, 1.807) is 0 Å². The number of carbonyl (C=O) groups is 1. The van der Waals surface area contributed by atoms with Crippen LogP contribution < -0.4 is 0 Å². The van der Waals surface area contributed by atoms with Crippen LogP contribution in [0.1, 0.15) is 87.2 Å². The van der Waals surface area contributed by atoms with Gasteiger partial charge in [0.05, 0.1) is 18.4 Å². The topological polar surface area (TPSA) is 39.4 Å². The summed E-state index contributed by atoms with van der Waals surface area (Å²) < 4.78 is 11.1. The summed E-state index contributed by atoms with van der Waals surface area (Å²) in [5, 5.41) is 0. The van der Waals surface area contributed by atoms with E-state index < -0.39 is 0 Å². The summed E-state index contributed by atoms with van der Waals surface area (Å²) in [5.74, 6) is 0.700. The molecule has 3 nitrogen and oxygen atoms in total. The molecule has 0 aliphatic heterocycles. The quantitative estimate of drug-likeness (QED) is 0.591. The molecule has 2 aromatic rings. The lowest BCUT2D eigenvalue weighted by Crippen LogP contribution is -2.33. The van der Waals surface area contributed by atoms with Crippen LogP contribution in [0.25, 0.3) is 11.6 Å². The van der Waals surface area contributed by atoms with Crippen LogP contribution in [0, 0.1) is 0 Å². The number of hydrogen-bond donors (Lipinski definition) is 0. The third-order valence-corrected chi connectivity index (χ3v) is 5.74. The van der Waals surface area contributed by atoms with Crippen molar-refractivity contribution in [1.82, 2.24) is 0 Å². The van der Waals surface area contributed by atoms with Crippen molar-refractivity contribution in [2.75, 3.05) is 6.61 Å². The maximum atomic E-state index is 11.8. The van der Waals surface area contributed by atoms with E-state index in [2.05, 4.69) is 40.7 Å². The Morgan fingerprint density at radius 2 is 1.74 bits per heavy atom. The van der Waals surface area contributed by atoms with Crippen LogP contribution in [-0.2, 0) is 15.6 Å². The summed E-state index contributed by atoms with van der Waals surface area (Å²) >= 11 is 0. The highest BCUT2D eigenvalue weighted by Gasteiger charge is 2.41. The Morgan fingerprint density at radius 1 is 1.11 bits per heavy atom. The summed E-state index contributed by atoms with van der Waals surface area (Å²) in [4.78, 5) is 11.8. The third-order valence-electron chi connectivity index (χ3n) is 5.74. The van der Waals surface area contributed by atoms with E-state index in [1.807, 2.05) is 37.5 Å². The maximum absolute atomic E-state index is 11.8. The Hall–Kier alpha value is -2.29. The van der Waals surface area contributed by atoms with Gasteiger partial charge in [0.1, 0.15) is 5.76 Å². The Morgan fingerprint density at radius 3 is 2.37 bits per heavy atom. The lowest BCUT2D eigenvalue weighted by atomic mass is 9.63. The fraction of sp³-hybridized carbons (Fsp3) is 0.458. The normalized spacial score (nSPS) is 18.1. The summed E-state index contributed by atoms with van der Waals surface area (Å²) in [5.41, 5.74) is 5.65. The number of allylic oxidation sites excluding steroid dienone is 1. The minimum atomic E-state index is -0.283. The largest absolute Gasteiger partial charge is 0.464 e. The molecule has 3 heteroatoms. The van der Waals surface area contributed by atoms with E-state index >= 15 is 0 Å². The molecule has 1 heterocycles. The zero-order chi connectivity index (χ0) is 19.8. The molecular formula is C24H30O3. The fourth-order valence-corrected chi connectivity index (χ4v) is 3.95. The highest BCUT2D eigenvalue weighted by Crippen LogP contribution is 2.49. The molecule has 0 spiro atoms. The van der Waals surface area contributed by atoms with Crippen molar-refractivity contribution in [3.05, 3.63) is 58.5 Å². The summed E-state index contributed by atoms with van der Waals surface area (Å²) in [6, 6.07) is 7.50. The SMILES string of the molecule is CCOC(=O)c1ccc(C=C(C)c2occ3c2C(C)(C)CCC3(C)C)cc1. The number of carbonyl (C=O) groups excluding carboxylic acids is 1. The van der Waals surface area contributed by atoms with Crippen LogP contribution in [-0.4, -0.2) is 12.6 Å². The first-order valence-electron chi connectivity index (χ1n) is 9.74. The van der Waals surface area contributed by atoms with Gasteiger partial charge in [-0.1, -0.05) is 39.8 Å². The first-order chi connectivity index (χ1) is 12.7. The van der Waals surface area contributed by atoms with E-state index in [-0.39, 0.29) is 16.8 Å². The maximum Gasteiger partial charge on any atom is 0.338 e. The molecule has 1 aromatic carbocycles. The van der Waals surface area contributed by atoms with Crippen LogP contribution in [0.15, 0.2) is 34.9 Å². The van der Waals surface area contributed by atoms with Crippen LogP contribution in [0.4, 0.5) is 0 Å². The Bertz CT molecular complexity index is 864. The molecule has 0 N–H and O–H groups in total. The van der Waals surface area contributed by atoms with Gasteiger partial charge in [-0.25, -0.2) is 4.79 Å². The summed E-state index contributed by atoms with van der Waals surface area (Å²) in [7, 11) is 0. The number of esters is 1. The van der Waals surface area contributed by atoms with E-state index in [4.69, 9.17) is 9.15 Å². The van der Waals surface area contributed by atoms with Gasteiger partial charge in [-0.05, 0) is 66.9 Å². The second-order valence-electron chi connectivity index (χ2n) is 8.79. The molecule has 1 aliphatic carbocycles. The highest BCUT2D eigenvalue weighted by atomic mass is 16.5. The zero-order valence-corrected chi connectivity index (χ0v) is 17.3. The van der Waals surface area contributed by atoms with Gasteiger partial charge in [-0.15, -0.1) is 0 Å². The molecular weight excluding hydrogens is 336 g/mol. The molecule has 0 unspecified atom stereocenters. The molecule has 1 aromatic heterocycles. The smallest absolute Gasteiger partial charge is 0.338 e. The Labute approximate surface area is 162 Å². The number of hydrogen-bond acceptors (Lipinski definition) is 3. The third kappa shape index (κ3) is 3.73. The van der Waals surface area contributed by atoms with Gasteiger partial charge in [-0.3, -0.25) is 0 Å². The predicted octanol–water partition coefficient (Wildman–Crippen LogP) is 6.37. The van der Waals surface area contributed by atoms with E-state index in [0.717, 1.165) is 23.3 Å². The lowest BCUT2D eigenvalue weighted by molar-refractivity contribution is 0.0526. The fourth-order valence-electron chi connectivity index (χ4n) is 3.95. The van der Waals surface area contributed by atoms with Crippen LogP contribution in [0.3, 0.4) is 0 Å². The Kier molecular flexibility index (Phi) is 5.07. The van der Waals surface area contributed by atoms with Crippen molar-refractivity contribution >= 4 is 17.6 Å². The number of benzene rings is 1. The molecule has 1 aliphatic rings. The van der Waals surface area contributed by atoms with Crippen molar-refractivity contribution in [3.8, 4) is 0 Å². The molecule has 27 heavy (non-hydrogen) atoms. The van der Waals surface area contributed by atoms with E-state index in [0.29, 0.717) is 12.2 Å². The highest BCUT2D eigenvalue weighted by molar-refractivity contribution is 5.90. The minimum absolute atomic E-state index is 0.107. The average molecular weight is 367 g/mol. The molecule has 0 saturated heterocycles. The van der Waals surface area contributed by atoms with Gasteiger partial charge in [0.2, 0.25) is 0 Å². The minimum Gasteiger partial charge on any atom is -0.464 e. The van der Waals surface area contributed by atoms with Gasteiger partial charge in [-0.2, -0.15) is 0 Å². The number of furan rings is 1. The van der Waals surface area contributed by atoms with Gasteiger partial charge < -0.3 is 9.15 Å². The number of fused-ring (bicyclic) bond motifs is 1. The average Bonchev–Trinajstić information content (AvgIpc) is 3.08. The van der Waals surface area contributed by atoms with Gasteiger partial charge >= 0.3 is 5.97 Å². The predicted molar refractivity (Wildman–Crippen MR) is 110 cm³/mol. The van der Waals surface area contributed by atoms with Crippen molar-refractivity contribution in [3.63, 3.8) is 0 Å². The van der Waals surface area contributed by atoms with Crippen LogP contribution >= 0.6 is 0 Å². The first kappa shape index (κ1) is 19.5. The van der Waals surface area contributed by atoms with Crippen molar-refractivity contribution in [2.45, 2.75) is 65.2 Å². The second-order valence-corrected chi connectivity index (χ2v) is 8.79. The molecule has 0 saturated carbocycles. The molecule has 0 radical (unpaired) electrons. The number of ether oxygens (including phenoxy) is 1. The van der Waals surface area contributed by atoms with Crippen LogP contribution in [0.5, 0.6) is 0 Å². The molecule has 0 atom stereocenters. The van der Waals surface area contributed by atoms with Crippen LogP contribution in [0.2, 0.25) is 0 Å². The van der Waals surface area contributed by atoms with Gasteiger partial charge in [0, 0.05) is 11.1 Å². The van der Waals surface area contributed by atoms with Crippen molar-refractivity contribution in [1.29, 1.82) is 0 Å². The van der Waals surface area contributed by atoms with Crippen molar-refractivity contribution < 1.29 is 13.9 Å². The zero-order valence-electron chi connectivity index (χ0n) is 17.3. The molecule has 3 rings (SSSR count). The monoisotopic (exact) mass is 366 g/mol. The first-order valence-corrected chi connectivity index (χ1v) is 9.74. The molecule has 0 fully saturated rings. The van der Waals surface area contributed by atoms with Crippen molar-refractivity contribution in [2.24, 2.45) is 0 Å². The van der Waals surface area contributed by atoms with Gasteiger partial charge in [0.15, 0.2) is 0 Å². The van der Waals surface area contributed by atoms with E-state index in [9.17, 15) is 4.79 Å². The Balaban J connectivity index is 1.94. The summed E-state index contributed by atoms with van der Waals surface area (Å²) in [6.07, 6.45) is 6.39. The molecule has 0 amide bonds. The molecule has 0 bridgehead atoms. The second kappa shape index (κ2) is 7.03.